The molecule has 2 aliphatic heterocycles. The van der Waals surface area contributed by atoms with E-state index in [1.807, 2.05) is 0 Å². The largest absolute Gasteiger partial charge is 0.316 e. The van der Waals surface area contributed by atoms with Crippen LogP contribution in [-0.4, -0.2) is 43.5 Å². The maximum absolute atomic E-state index is 12.9. The molecule has 2 atom stereocenters. The van der Waals surface area contributed by atoms with Gasteiger partial charge < -0.3 is 10.2 Å². The molecule has 2 nitrogen and oxygen atoms in total. The second-order valence-electron chi connectivity index (χ2n) is 4.96. The van der Waals surface area contributed by atoms with Crippen molar-refractivity contribution < 1.29 is 8.78 Å². The highest BCUT2D eigenvalue weighted by atomic mass is 19.3. The number of halogens is 2. The van der Waals surface area contributed by atoms with Gasteiger partial charge in [-0.2, -0.15) is 0 Å². The number of nitrogens with zero attached hydrogens (tertiary/aromatic N) is 1. The van der Waals surface area contributed by atoms with Crippen molar-refractivity contribution in [2.75, 3.05) is 32.7 Å². The number of likely N-dealkylation sites (tertiary alicyclic amines) is 1. The maximum atomic E-state index is 12.9. The Morgan fingerprint density at radius 3 is 2.36 bits per heavy atom. The van der Waals surface area contributed by atoms with Crippen LogP contribution in [-0.2, 0) is 0 Å². The Balaban J connectivity index is 1.41. The Morgan fingerprint density at radius 1 is 1.21 bits per heavy atom. The number of fused-ring (bicyclic) bond motifs is 1. The minimum Gasteiger partial charge on any atom is -0.316 e. The van der Waals surface area contributed by atoms with Gasteiger partial charge in [-0.1, -0.05) is 0 Å². The van der Waals surface area contributed by atoms with Crippen molar-refractivity contribution in [2.45, 2.75) is 12.3 Å². The first-order valence-corrected chi connectivity index (χ1v) is 5.49. The van der Waals surface area contributed by atoms with Gasteiger partial charge in [-0.25, -0.2) is 8.78 Å². The highest BCUT2D eigenvalue weighted by Gasteiger charge is 2.71. The molecule has 0 amide bonds. The fourth-order valence-electron chi connectivity index (χ4n) is 2.69. The summed E-state index contributed by atoms with van der Waals surface area (Å²) in [5.41, 5.74) is 0. The monoisotopic (exact) mass is 202 g/mol. The van der Waals surface area contributed by atoms with E-state index < -0.39 is 5.92 Å². The SMILES string of the molecule is FC1(F)C2CN(CCC3CNC3)CC21. The summed E-state index contributed by atoms with van der Waals surface area (Å²) in [5, 5.41) is 3.23. The molecule has 80 valence electrons. The maximum Gasteiger partial charge on any atom is 0.257 e. The predicted molar refractivity (Wildman–Crippen MR) is 49.3 cm³/mol. The van der Waals surface area contributed by atoms with Crippen LogP contribution in [0.3, 0.4) is 0 Å². The van der Waals surface area contributed by atoms with E-state index in [1.165, 1.54) is 6.42 Å². The zero-order chi connectivity index (χ0) is 9.76. The average molecular weight is 202 g/mol. The third-order valence-corrected chi connectivity index (χ3v) is 3.99. The Labute approximate surface area is 82.6 Å². The standard InChI is InChI=1S/C10H16F2N2/c11-10(12)8-5-14(6-9(8)10)2-1-7-3-13-4-7/h7-9,13H,1-6H2. The van der Waals surface area contributed by atoms with Crippen molar-refractivity contribution in [2.24, 2.45) is 17.8 Å². The number of piperidine rings is 1. The molecule has 0 aromatic carbocycles. The third-order valence-electron chi connectivity index (χ3n) is 3.99. The lowest BCUT2D eigenvalue weighted by Gasteiger charge is -2.29. The Bertz CT molecular complexity index is 226. The van der Waals surface area contributed by atoms with Gasteiger partial charge in [0.25, 0.3) is 5.92 Å². The summed E-state index contributed by atoms with van der Waals surface area (Å²) in [6, 6.07) is 0. The molecule has 4 heteroatoms. The van der Waals surface area contributed by atoms with Crippen molar-refractivity contribution in [3.05, 3.63) is 0 Å². The first kappa shape index (κ1) is 9.04. The quantitative estimate of drug-likeness (QED) is 0.728. The van der Waals surface area contributed by atoms with Crippen LogP contribution in [0.2, 0.25) is 0 Å². The van der Waals surface area contributed by atoms with Gasteiger partial charge >= 0.3 is 0 Å². The molecule has 2 heterocycles. The lowest BCUT2D eigenvalue weighted by atomic mass is 9.99. The lowest BCUT2D eigenvalue weighted by Crippen LogP contribution is -2.43. The summed E-state index contributed by atoms with van der Waals surface area (Å²) < 4.78 is 25.7. The summed E-state index contributed by atoms with van der Waals surface area (Å²) in [6.07, 6.45) is 1.18. The van der Waals surface area contributed by atoms with Crippen LogP contribution in [0, 0.1) is 17.8 Å². The van der Waals surface area contributed by atoms with Crippen LogP contribution in [0.4, 0.5) is 8.78 Å². The molecular weight excluding hydrogens is 186 g/mol. The number of rotatable bonds is 3. The van der Waals surface area contributed by atoms with Gasteiger partial charge in [0.1, 0.15) is 0 Å². The summed E-state index contributed by atoms with van der Waals surface area (Å²) in [7, 11) is 0. The Morgan fingerprint density at radius 2 is 1.86 bits per heavy atom. The van der Waals surface area contributed by atoms with E-state index in [9.17, 15) is 8.78 Å². The molecule has 3 rings (SSSR count). The van der Waals surface area contributed by atoms with Gasteiger partial charge in [-0.15, -0.1) is 0 Å². The summed E-state index contributed by atoms with van der Waals surface area (Å²) in [6.45, 7) is 4.54. The van der Waals surface area contributed by atoms with Crippen molar-refractivity contribution in [3.8, 4) is 0 Å². The number of hydrogen-bond donors (Lipinski definition) is 1. The predicted octanol–water partition coefficient (Wildman–Crippen LogP) is 0.793. The van der Waals surface area contributed by atoms with Crippen molar-refractivity contribution in [1.29, 1.82) is 0 Å². The lowest BCUT2D eigenvalue weighted by molar-refractivity contribution is 0.0518. The van der Waals surface area contributed by atoms with Crippen molar-refractivity contribution >= 4 is 0 Å². The molecule has 0 aromatic rings. The van der Waals surface area contributed by atoms with Gasteiger partial charge in [0.2, 0.25) is 0 Å². The minimum atomic E-state index is -2.31. The molecule has 3 fully saturated rings. The van der Waals surface area contributed by atoms with E-state index in [1.54, 1.807) is 0 Å². The summed E-state index contributed by atoms with van der Waals surface area (Å²) >= 11 is 0. The number of hydrogen-bond acceptors (Lipinski definition) is 2. The molecule has 0 aromatic heterocycles. The van der Waals surface area contributed by atoms with Gasteiger partial charge in [-0.3, -0.25) is 0 Å². The molecule has 0 radical (unpaired) electrons. The fourth-order valence-corrected chi connectivity index (χ4v) is 2.69. The fraction of sp³-hybridized carbons (Fsp3) is 1.00. The molecule has 2 saturated heterocycles. The van der Waals surface area contributed by atoms with Crippen molar-refractivity contribution in [3.63, 3.8) is 0 Å². The second-order valence-corrected chi connectivity index (χ2v) is 4.96. The molecule has 1 saturated carbocycles. The van der Waals surface area contributed by atoms with E-state index in [2.05, 4.69) is 10.2 Å². The molecule has 0 bridgehead atoms. The van der Waals surface area contributed by atoms with E-state index in [0.29, 0.717) is 13.1 Å². The molecular formula is C10H16F2N2. The molecule has 3 aliphatic rings. The molecule has 0 spiro atoms. The summed E-state index contributed by atoms with van der Waals surface area (Å²) in [5.74, 6) is -2.12. The van der Waals surface area contributed by atoms with Crippen LogP contribution in [0.5, 0.6) is 0 Å². The zero-order valence-electron chi connectivity index (χ0n) is 8.18. The highest BCUT2D eigenvalue weighted by Crippen LogP contribution is 2.59. The topological polar surface area (TPSA) is 15.3 Å². The number of nitrogens with one attached hydrogen (secondary N) is 1. The van der Waals surface area contributed by atoms with E-state index >= 15 is 0 Å². The van der Waals surface area contributed by atoms with Crippen molar-refractivity contribution in [1.82, 2.24) is 10.2 Å². The van der Waals surface area contributed by atoms with Gasteiger partial charge in [-0.05, 0) is 32.0 Å². The van der Waals surface area contributed by atoms with Crippen LogP contribution in [0.15, 0.2) is 0 Å². The van der Waals surface area contributed by atoms with Gasteiger partial charge in [0, 0.05) is 24.9 Å². The summed E-state index contributed by atoms with van der Waals surface area (Å²) in [4.78, 5) is 2.21. The molecule has 1 aliphatic carbocycles. The van der Waals surface area contributed by atoms with Crippen LogP contribution in [0.1, 0.15) is 6.42 Å². The van der Waals surface area contributed by atoms with Crippen LogP contribution in [0.25, 0.3) is 0 Å². The minimum absolute atomic E-state index is 0.304. The molecule has 1 N–H and O–H groups in total. The smallest absolute Gasteiger partial charge is 0.257 e. The van der Waals surface area contributed by atoms with E-state index in [4.69, 9.17) is 0 Å². The molecule has 14 heavy (non-hydrogen) atoms. The zero-order valence-corrected chi connectivity index (χ0v) is 8.18. The average Bonchev–Trinajstić information content (AvgIpc) is 2.48. The van der Waals surface area contributed by atoms with Gasteiger partial charge in [0.15, 0.2) is 0 Å². The molecule has 2 unspecified atom stereocenters. The van der Waals surface area contributed by atoms with Crippen LogP contribution < -0.4 is 5.32 Å². The van der Waals surface area contributed by atoms with E-state index in [-0.39, 0.29) is 11.8 Å². The Hall–Kier alpha value is -0.220. The first-order chi connectivity index (χ1) is 6.68. The number of alkyl halides is 2. The van der Waals surface area contributed by atoms with Gasteiger partial charge in [0.05, 0.1) is 0 Å². The van der Waals surface area contributed by atoms with E-state index in [0.717, 1.165) is 25.6 Å². The highest BCUT2D eigenvalue weighted by molar-refractivity contribution is 5.12. The first-order valence-electron chi connectivity index (χ1n) is 5.49. The van der Waals surface area contributed by atoms with Crippen LogP contribution >= 0.6 is 0 Å². The normalized spacial score (nSPS) is 40.7. The second kappa shape index (κ2) is 2.89. The Kier molecular flexibility index (Phi) is 1.86. The third kappa shape index (κ3) is 1.27.